The second-order valence-electron chi connectivity index (χ2n) is 1.41. The van der Waals surface area contributed by atoms with Crippen LogP contribution in [0.15, 0.2) is 24.3 Å². The predicted molar refractivity (Wildman–Crippen MR) is 31.1 cm³/mol. The van der Waals surface area contributed by atoms with Crippen LogP contribution < -0.4 is 3.27 Å². The van der Waals surface area contributed by atoms with Gasteiger partial charge in [-0.25, -0.2) is 0 Å². The van der Waals surface area contributed by atoms with E-state index in [0.29, 0.717) is 0 Å². The molecule has 1 rings (SSSR count). The van der Waals surface area contributed by atoms with Crippen molar-refractivity contribution in [3.05, 3.63) is 29.3 Å². The average Bonchev–Trinajstić information content (AvgIpc) is 1.77. The molecular formula is C6H4AtCl. The molecule has 0 fully saturated rings. The zero-order valence-corrected chi connectivity index (χ0v) is 7.76. The Hall–Kier alpha value is 0.393. The third-order valence-electron chi connectivity index (χ3n) is 0.824. The first-order valence-corrected chi connectivity index (χ1v) is 4.05. The molecule has 0 N–H and O–H groups in total. The summed E-state index contributed by atoms with van der Waals surface area (Å²) in [5.41, 5.74) is 0. The van der Waals surface area contributed by atoms with E-state index in [-0.39, 0.29) is 0 Å². The van der Waals surface area contributed by atoms with Gasteiger partial charge in [0, 0.05) is 0 Å². The van der Waals surface area contributed by atoms with E-state index in [0.717, 1.165) is 5.02 Å². The van der Waals surface area contributed by atoms with Crippen LogP contribution in [0.5, 0.6) is 0 Å². The van der Waals surface area contributed by atoms with Crippen LogP contribution in [0.25, 0.3) is 0 Å². The van der Waals surface area contributed by atoms with Crippen molar-refractivity contribution in [2.24, 2.45) is 0 Å². The normalized spacial score (nSPS) is 9.25. The minimum absolute atomic E-state index is 0.865. The Labute approximate surface area is 68.7 Å². The Balaban J connectivity index is 3.13. The van der Waals surface area contributed by atoms with Gasteiger partial charge in [0.25, 0.3) is 0 Å². The van der Waals surface area contributed by atoms with Crippen LogP contribution in [0, 0.1) is 24.7 Å². The fourth-order valence-electron chi connectivity index (χ4n) is 0.439. The predicted octanol–water partition coefficient (Wildman–Crippen LogP) is 1.51. The van der Waals surface area contributed by atoms with E-state index in [1.165, 1.54) is 3.27 Å². The number of rotatable bonds is 0. The molecule has 0 saturated heterocycles. The summed E-state index contributed by atoms with van der Waals surface area (Å²) in [4.78, 5) is 0. The number of halogens is 1. The van der Waals surface area contributed by atoms with Crippen LogP contribution in [0.3, 0.4) is 0 Å². The molecule has 0 aliphatic carbocycles. The molecule has 1 aromatic rings. The Morgan fingerprint density at radius 2 is 1.88 bits per heavy atom. The summed E-state index contributed by atoms with van der Waals surface area (Å²) >= 11 is 7.33. The van der Waals surface area contributed by atoms with Crippen molar-refractivity contribution in [2.75, 3.05) is 0 Å². The van der Waals surface area contributed by atoms with E-state index in [9.17, 15) is 0 Å². The van der Waals surface area contributed by atoms with Gasteiger partial charge in [-0.1, -0.05) is 0 Å². The molecule has 0 aromatic heterocycles. The average molecular weight is 322 g/mol. The van der Waals surface area contributed by atoms with E-state index in [4.69, 9.17) is 11.6 Å². The Morgan fingerprint density at radius 1 is 1.25 bits per heavy atom. The van der Waals surface area contributed by atoms with Gasteiger partial charge in [-0.3, -0.25) is 0 Å². The van der Waals surface area contributed by atoms with E-state index >= 15 is 0 Å². The van der Waals surface area contributed by atoms with Gasteiger partial charge in [-0.05, 0) is 0 Å². The molecule has 0 amide bonds. The van der Waals surface area contributed by atoms with Crippen LogP contribution in [0.2, 0.25) is 5.02 Å². The van der Waals surface area contributed by atoms with Crippen molar-refractivity contribution < 1.29 is 24.7 Å². The summed E-state index contributed by atoms with van der Waals surface area (Å²) < 4.78 is 1.19. The molecule has 0 radical (unpaired) electrons. The van der Waals surface area contributed by atoms with Crippen LogP contribution >= 0.6 is 11.6 Å². The summed E-state index contributed by atoms with van der Waals surface area (Å²) in [7, 11) is 0. The minimum atomic E-state index is 0.865. The molecule has 0 nitrogen and oxygen atoms in total. The molecule has 0 heterocycles. The van der Waals surface area contributed by atoms with Crippen molar-refractivity contribution in [3.63, 3.8) is 0 Å². The first-order valence-electron chi connectivity index (χ1n) is 2.21. The van der Waals surface area contributed by atoms with Crippen molar-refractivity contribution in [1.29, 1.82) is 0 Å². The Kier molecular flexibility index (Phi) is 2.28. The van der Waals surface area contributed by atoms with Crippen LogP contribution in [-0.4, -0.2) is 0 Å². The van der Waals surface area contributed by atoms with Crippen molar-refractivity contribution in [2.45, 2.75) is 0 Å². The molecule has 1 aromatic carbocycles. The van der Waals surface area contributed by atoms with Gasteiger partial charge < -0.3 is 0 Å². The van der Waals surface area contributed by atoms with E-state index in [1.807, 2.05) is 24.3 Å². The van der Waals surface area contributed by atoms with Crippen LogP contribution in [-0.2, 0) is 0 Å². The summed E-state index contributed by atoms with van der Waals surface area (Å²) in [6.45, 7) is 0. The van der Waals surface area contributed by atoms with E-state index in [1.54, 1.807) is 24.7 Å². The second kappa shape index (κ2) is 2.80. The van der Waals surface area contributed by atoms with Gasteiger partial charge in [0.1, 0.15) is 0 Å². The summed E-state index contributed by atoms with van der Waals surface area (Å²) in [5.74, 6) is 0. The second-order valence-corrected chi connectivity index (χ2v) is 3.40. The molecule has 8 heavy (non-hydrogen) atoms. The zero-order valence-electron chi connectivity index (χ0n) is 4.07. The molecule has 42 valence electrons. The topological polar surface area (TPSA) is 0 Å². The summed E-state index contributed by atoms with van der Waals surface area (Å²) in [5, 5.41) is 0.865. The fraction of sp³-hybridized carbons (Fsp3) is 0. The monoisotopic (exact) mass is 321 g/mol. The maximum atomic E-state index is 5.72. The maximum absolute atomic E-state index is 5.72. The van der Waals surface area contributed by atoms with E-state index in [2.05, 4.69) is 0 Å². The van der Waals surface area contributed by atoms with Gasteiger partial charge in [0.05, 0.1) is 0 Å². The molecule has 0 aliphatic heterocycles. The number of benzene rings is 1. The Morgan fingerprint density at radius 3 is 2.25 bits per heavy atom. The molecular weight excluding hydrogens is 318 g/mol. The molecule has 0 saturated carbocycles. The Bertz CT molecular complexity index is 165. The van der Waals surface area contributed by atoms with Crippen LogP contribution in [0.1, 0.15) is 0 Å². The first-order chi connectivity index (χ1) is 3.80. The van der Waals surface area contributed by atoms with Gasteiger partial charge in [0.15, 0.2) is 0 Å². The molecule has 0 aliphatic rings. The molecule has 0 bridgehead atoms. The van der Waals surface area contributed by atoms with Crippen LogP contribution in [0.4, 0.5) is 0 Å². The van der Waals surface area contributed by atoms with Gasteiger partial charge in [-0.15, -0.1) is 0 Å². The third kappa shape index (κ3) is 1.43. The molecule has 0 spiro atoms. The zero-order chi connectivity index (χ0) is 5.98. The number of hydrogen-bond donors (Lipinski definition) is 0. The third-order valence-corrected chi connectivity index (χ3v) is 2.88. The quantitative estimate of drug-likeness (QED) is 0.680. The van der Waals surface area contributed by atoms with Crippen molar-refractivity contribution in [1.82, 2.24) is 0 Å². The van der Waals surface area contributed by atoms with Crippen molar-refractivity contribution in [3.8, 4) is 0 Å². The first kappa shape index (κ1) is 6.51. The fourth-order valence-corrected chi connectivity index (χ4v) is 1.10. The molecule has 0 unspecified atom stereocenters. The summed E-state index contributed by atoms with van der Waals surface area (Å²) in [6.07, 6.45) is 0. The van der Waals surface area contributed by atoms with Gasteiger partial charge in [0.2, 0.25) is 0 Å². The summed E-state index contributed by atoms with van der Waals surface area (Å²) in [6, 6.07) is 7.83. The SMILES string of the molecule is Clc1ccccc1[At]. The van der Waals surface area contributed by atoms with Gasteiger partial charge >= 0.3 is 68.9 Å². The van der Waals surface area contributed by atoms with E-state index < -0.39 is 0 Å². The standard InChI is InChI=1S/C6H4AtCl/c7-5-3-1-2-4-6(5)8/h1-4H. The number of hydrogen-bond acceptors (Lipinski definition) is 0. The van der Waals surface area contributed by atoms with Crippen molar-refractivity contribution >= 4 is 14.9 Å². The molecule has 0 atom stereocenters. The molecule has 2 heteroatoms. The van der Waals surface area contributed by atoms with Gasteiger partial charge in [-0.2, -0.15) is 0 Å².